The van der Waals surface area contributed by atoms with E-state index in [1.165, 1.54) is 0 Å². The number of anilines is 1. The largest absolute Gasteiger partial charge is 0.322 e. The van der Waals surface area contributed by atoms with Crippen LogP contribution in [0.1, 0.15) is 21.7 Å². The molecule has 3 aromatic rings. The third kappa shape index (κ3) is 3.51. The second-order valence-electron chi connectivity index (χ2n) is 5.57. The minimum atomic E-state index is -0.117. The third-order valence-corrected chi connectivity index (χ3v) is 4.44. The van der Waals surface area contributed by atoms with E-state index in [-0.39, 0.29) is 5.91 Å². The fraction of sp³-hybridized carbons (Fsp3) is 0.158. The van der Waals surface area contributed by atoms with E-state index in [9.17, 15) is 4.79 Å². The molecule has 0 spiro atoms. The maximum Gasteiger partial charge on any atom is 0.255 e. The quantitative estimate of drug-likeness (QED) is 0.715. The first-order valence-electron chi connectivity index (χ1n) is 7.66. The number of amides is 1. The average molecular weight is 337 g/mol. The Bertz CT molecular complexity index is 869. The van der Waals surface area contributed by atoms with Crippen LogP contribution < -0.4 is 5.32 Å². The molecule has 0 atom stereocenters. The lowest BCUT2D eigenvalue weighted by Gasteiger charge is -2.08. The number of benzene rings is 2. The molecule has 0 bridgehead atoms. The Hall–Kier alpha value is -2.53. The van der Waals surface area contributed by atoms with E-state index in [2.05, 4.69) is 10.4 Å². The van der Waals surface area contributed by atoms with Crippen LogP contribution in [0, 0.1) is 13.8 Å². The van der Waals surface area contributed by atoms with Gasteiger partial charge in [-0.1, -0.05) is 6.07 Å². The summed E-state index contributed by atoms with van der Waals surface area (Å²) in [7, 11) is 0. The molecule has 4 nitrogen and oxygen atoms in total. The zero-order chi connectivity index (χ0) is 17.1. The SMILES string of the molecule is CSc1cccc(NC(=O)c2ccc(-n3nc(C)cc3C)cc2)c1. The fourth-order valence-corrected chi connectivity index (χ4v) is 3.01. The van der Waals surface area contributed by atoms with Gasteiger partial charge < -0.3 is 5.32 Å². The van der Waals surface area contributed by atoms with E-state index < -0.39 is 0 Å². The molecule has 0 saturated carbocycles. The summed E-state index contributed by atoms with van der Waals surface area (Å²) in [6, 6.07) is 17.3. The van der Waals surface area contributed by atoms with Crippen molar-refractivity contribution in [2.45, 2.75) is 18.7 Å². The molecule has 0 aliphatic heterocycles. The van der Waals surface area contributed by atoms with E-state index in [1.807, 2.05) is 79.4 Å². The Morgan fingerprint density at radius 1 is 1.08 bits per heavy atom. The van der Waals surface area contributed by atoms with Gasteiger partial charge in [-0.15, -0.1) is 11.8 Å². The molecule has 122 valence electrons. The van der Waals surface area contributed by atoms with Gasteiger partial charge in [-0.2, -0.15) is 5.10 Å². The summed E-state index contributed by atoms with van der Waals surface area (Å²) < 4.78 is 1.87. The van der Waals surface area contributed by atoms with Crippen molar-refractivity contribution in [3.05, 3.63) is 71.5 Å². The van der Waals surface area contributed by atoms with Crippen molar-refractivity contribution in [2.24, 2.45) is 0 Å². The number of carbonyl (C=O) groups is 1. The lowest BCUT2D eigenvalue weighted by atomic mass is 10.2. The summed E-state index contributed by atoms with van der Waals surface area (Å²) in [6.45, 7) is 3.98. The molecule has 1 aromatic heterocycles. The molecule has 0 saturated heterocycles. The van der Waals surface area contributed by atoms with Gasteiger partial charge in [0.15, 0.2) is 0 Å². The molecule has 3 rings (SSSR count). The van der Waals surface area contributed by atoms with Gasteiger partial charge in [0.05, 0.1) is 11.4 Å². The highest BCUT2D eigenvalue weighted by atomic mass is 32.2. The number of hydrogen-bond donors (Lipinski definition) is 1. The average Bonchev–Trinajstić information content (AvgIpc) is 2.93. The zero-order valence-corrected chi connectivity index (χ0v) is 14.7. The summed E-state index contributed by atoms with van der Waals surface area (Å²) in [5.41, 5.74) is 4.41. The van der Waals surface area contributed by atoms with Crippen LogP contribution in [0.15, 0.2) is 59.5 Å². The molecule has 0 fully saturated rings. The van der Waals surface area contributed by atoms with Gasteiger partial charge in [0.25, 0.3) is 5.91 Å². The van der Waals surface area contributed by atoms with Gasteiger partial charge in [-0.3, -0.25) is 4.79 Å². The normalized spacial score (nSPS) is 10.6. The molecule has 0 aliphatic carbocycles. The van der Waals surface area contributed by atoms with Gasteiger partial charge in [0.1, 0.15) is 0 Å². The van der Waals surface area contributed by atoms with Crippen LogP contribution in [-0.2, 0) is 0 Å². The van der Waals surface area contributed by atoms with Gasteiger partial charge in [0, 0.05) is 21.8 Å². The summed E-state index contributed by atoms with van der Waals surface area (Å²) in [6.07, 6.45) is 2.01. The van der Waals surface area contributed by atoms with Gasteiger partial charge in [-0.05, 0) is 68.6 Å². The molecule has 0 radical (unpaired) electrons. The summed E-state index contributed by atoms with van der Waals surface area (Å²) in [5.74, 6) is -0.117. The van der Waals surface area contributed by atoms with E-state index in [4.69, 9.17) is 0 Å². The Morgan fingerprint density at radius 2 is 1.83 bits per heavy atom. The van der Waals surface area contributed by atoms with Gasteiger partial charge in [0.2, 0.25) is 0 Å². The van der Waals surface area contributed by atoms with Crippen LogP contribution in [0.5, 0.6) is 0 Å². The van der Waals surface area contributed by atoms with Gasteiger partial charge >= 0.3 is 0 Å². The number of nitrogens with one attached hydrogen (secondary N) is 1. The number of rotatable bonds is 4. The highest BCUT2D eigenvalue weighted by Crippen LogP contribution is 2.20. The molecule has 1 heterocycles. The second kappa shape index (κ2) is 6.93. The predicted octanol–water partition coefficient (Wildman–Crippen LogP) is 4.46. The Kier molecular flexibility index (Phi) is 4.71. The van der Waals surface area contributed by atoms with E-state index in [1.54, 1.807) is 11.8 Å². The molecule has 2 aromatic carbocycles. The van der Waals surface area contributed by atoms with Crippen LogP contribution >= 0.6 is 11.8 Å². The molecular weight excluding hydrogens is 318 g/mol. The number of thioether (sulfide) groups is 1. The number of aromatic nitrogens is 2. The maximum atomic E-state index is 12.4. The number of hydrogen-bond acceptors (Lipinski definition) is 3. The van der Waals surface area contributed by atoms with Crippen LogP contribution in [0.25, 0.3) is 5.69 Å². The van der Waals surface area contributed by atoms with Crippen molar-refractivity contribution in [3.63, 3.8) is 0 Å². The third-order valence-electron chi connectivity index (χ3n) is 3.71. The Balaban J connectivity index is 1.77. The van der Waals surface area contributed by atoms with Gasteiger partial charge in [-0.25, -0.2) is 4.68 Å². The van der Waals surface area contributed by atoms with Crippen molar-refractivity contribution in [1.82, 2.24) is 9.78 Å². The molecule has 1 amide bonds. The van der Waals surface area contributed by atoms with Crippen molar-refractivity contribution < 1.29 is 4.79 Å². The Morgan fingerprint density at radius 3 is 2.46 bits per heavy atom. The minimum Gasteiger partial charge on any atom is -0.322 e. The van der Waals surface area contributed by atoms with Crippen LogP contribution in [0.4, 0.5) is 5.69 Å². The monoisotopic (exact) mass is 337 g/mol. The van der Waals surface area contributed by atoms with Crippen molar-refractivity contribution in [2.75, 3.05) is 11.6 Å². The van der Waals surface area contributed by atoms with E-state index in [0.717, 1.165) is 27.7 Å². The molecule has 1 N–H and O–H groups in total. The lowest BCUT2D eigenvalue weighted by molar-refractivity contribution is 0.102. The Labute approximate surface area is 145 Å². The summed E-state index contributed by atoms with van der Waals surface area (Å²) in [5, 5.41) is 7.39. The predicted molar refractivity (Wildman–Crippen MR) is 99.2 cm³/mol. The first-order valence-corrected chi connectivity index (χ1v) is 8.88. The highest BCUT2D eigenvalue weighted by Gasteiger charge is 2.08. The zero-order valence-electron chi connectivity index (χ0n) is 13.9. The minimum absolute atomic E-state index is 0.117. The molecule has 5 heteroatoms. The molecule has 24 heavy (non-hydrogen) atoms. The number of nitrogens with zero attached hydrogens (tertiary/aromatic N) is 2. The van der Waals surface area contributed by atoms with Crippen LogP contribution in [-0.4, -0.2) is 21.9 Å². The van der Waals surface area contributed by atoms with Crippen LogP contribution in [0.3, 0.4) is 0 Å². The molecule has 0 aliphatic rings. The standard InChI is InChI=1S/C19H19N3OS/c1-13-11-14(2)22(21-13)17-9-7-15(8-10-17)19(23)20-16-5-4-6-18(12-16)24-3/h4-12H,1-3H3,(H,20,23). The topological polar surface area (TPSA) is 46.9 Å². The first-order chi connectivity index (χ1) is 11.6. The number of aryl methyl sites for hydroxylation is 2. The van der Waals surface area contributed by atoms with Crippen LogP contribution in [0.2, 0.25) is 0 Å². The fourth-order valence-electron chi connectivity index (χ4n) is 2.55. The lowest BCUT2D eigenvalue weighted by Crippen LogP contribution is -2.12. The molecule has 0 unspecified atom stereocenters. The smallest absolute Gasteiger partial charge is 0.255 e. The number of carbonyl (C=O) groups excluding carboxylic acids is 1. The van der Waals surface area contributed by atoms with E-state index in [0.29, 0.717) is 5.56 Å². The first kappa shape index (κ1) is 16.3. The second-order valence-corrected chi connectivity index (χ2v) is 6.45. The van der Waals surface area contributed by atoms with Crippen molar-refractivity contribution >= 4 is 23.4 Å². The highest BCUT2D eigenvalue weighted by molar-refractivity contribution is 7.98. The summed E-state index contributed by atoms with van der Waals surface area (Å²) in [4.78, 5) is 13.5. The molecular formula is C19H19N3OS. The van der Waals surface area contributed by atoms with Crippen molar-refractivity contribution in [3.8, 4) is 5.69 Å². The maximum absolute atomic E-state index is 12.4. The van der Waals surface area contributed by atoms with E-state index >= 15 is 0 Å². The summed E-state index contributed by atoms with van der Waals surface area (Å²) >= 11 is 1.65. The van der Waals surface area contributed by atoms with Crippen molar-refractivity contribution in [1.29, 1.82) is 0 Å².